The van der Waals surface area contributed by atoms with Gasteiger partial charge >= 0.3 is 0 Å². The molecule has 2 saturated heterocycles. The molecule has 4 rings (SSSR count). The predicted octanol–water partition coefficient (Wildman–Crippen LogP) is 0.481. The lowest BCUT2D eigenvalue weighted by Crippen LogP contribution is -2.45. The number of rotatable bonds is 5. The van der Waals surface area contributed by atoms with Gasteiger partial charge in [-0.2, -0.15) is 4.31 Å². The highest BCUT2D eigenvalue weighted by atomic mass is 32.2. The van der Waals surface area contributed by atoms with Crippen LogP contribution in [0.1, 0.15) is 19.3 Å². The Morgan fingerprint density at radius 2 is 1.68 bits per heavy atom. The summed E-state index contributed by atoms with van der Waals surface area (Å²) in [4.78, 5) is 30.9. The fourth-order valence-corrected chi connectivity index (χ4v) is 6.10. The summed E-state index contributed by atoms with van der Waals surface area (Å²) in [7, 11) is -0.178. The number of amides is 2. The molecule has 2 fully saturated rings. The maximum atomic E-state index is 13.2. The van der Waals surface area contributed by atoms with Crippen molar-refractivity contribution in [3.63, 3.8) is 0 Å². The number of likely N-dealkylation sites (N-methyl/N-ethyl adjacent to an activating group) is 1. The molecule has 11 heteroatoms. The van der Waals surface area contributed by atoms with Crippen LogP contribution in [0.25, 0.3) is 0 Å². The molecule has 0 aromatic heterocycles. The van der Waals surface area contributed by atoms with E-state index >= 15 is 0 Å². The van der Waals surface area contributed by atoms with Crippen LogP contribution in [0.4, 0.5) is 0 Å². The zero-order valence-corrected chi connectivity index (χ0v) is 20.8. The Morgan fingerprint density at radius 3 is 2.38 bits per heavy atom. The van der Waals surface area contributed by atoms with E-state index in [1.54, 1.807) is 31.1 Å². The third-order valence-electron chi connectivity index (χ3n) is 6.71. The van der Waals surface area contributed by atoms with Crippen molar-refractivity contribution in [3.8, 4) is 11.5 Å². The van der Waals surface area contributed by atoms with Crippen LogP contribution < -0.4 is 9.47 Å². The van der Waals surface area contributed by atoms with Crippen LogP contribution >= 0.6 is 0 Å². The average molecular weight is 495 g/mol. The first kappa shape index (κ1) is 24.7. The molecule has 0 unspecified atom stereocenters. The lowest BCUT2D eigenvalue weighted by Gasteiger charge is -2.33. The third-order valence-corrected chi connectivity index (χ3v) is 8.61. The second-order valence-electron chi connectivity index (χ2n) is 9.23. The smallest absolute Gasteiger partial charge is 0.243 e. The van der Waals surface area contributed by atoms with Crippen LogP contribution in [0.3, 0.4) is 0 Å². The highest BCUT2D eigenvalue weighted by Crippen LogP contribution is 2.34. The molecule has 0 saturated carbocycles. The lowest BCUT2D eigenvalue weighted by atomic mass is 9.96. The van der Waals surface area contributed by atoms with E-state index in [-0.39, 0.29) is 22.6 Å². The number of piperidine rings is 1. The maximum Gasteiger partial charge on any atom is 0.243 e. The molecule has 0 aliphatic carbocycles. The van der Waals surface area contributed by atoms with Crippen molar-refractivity contribution in [2.45, 2.75) is 24.2 Å². The van der Waals surface area contributed by atoms with E-state index in [2.05, 4.69) is 4.90 Å². The van der Waals surface area contributed by atoms with E-state index in [4.69, 9.17) is 9.47 Å². The average Bonchev–Trinajstić information content (AvgIpc) is 3.08. The summed E-state index contributed by atoms with van der Waals surface area (Å²) in [6.45, 7) is 4.54. The summed E-state index contributed by atoms with van der Waals surface area (Å²) < 4.78 is 38.8. The van der Waals surface area contributed by atoms with Crippen LogP contribution in [-0.4, -0.2) is 112 Å². The van der Waals surface area contributed by atoms with Gasteiger partial charge in [0.1, 0.15) is 13.2 Å². The minimum Gasteiger partial charge on any atom is -0.486 e. The fourth-order valence-electron chi connectivity index (χ4n) is 4.62. The van der Waals surface area contributed by atoms with E-state index in [1.807, 2.05) is 4.90 Å². The number of benzene rings is 1. The molecule has 34 heavy (non-hydrogen) atoms. The van der Waals surface area contributed by atoms with Crippen molar-refractivity contribution in [3.05, 3.63) is 18.2 Å². The first-order chi connectivity index (χ1) is 16.3. The van der Waals surface area contributed by atoms with Crippen molar-refractivity contribution in [1.82, 2.24) is 19.0 Å². The van der Waals surface area contributed by atoms with Crippen LogP contribution in [0, 0.1) is 5.92 Å². The van der Waals surface area contributed by atoms with Gasteiger partial charge in [0.15, 0.2) is 11.5 Å². The molecule has 1 aromatic carbocycles. The van der Waals surface area contributed by atoms with E-state index in [0.29, 0.717) is 76.8 Å². The molecule has 3 heterocycles. The second kappa shape index (κ2) is 10.5. The molecule has 0 atom stereocenters. The molecule has 0 radical (unpaired) electrons. The molecule has 1 aromatic rings. The predicted molar refractivity (Wildman–Crippen MR) is 125 cm³/mol. The SMILES string of the molecule is CN(C)C(=O)CN1CCCN(C(=O)C2CCN(S(=O)(=O)c3ccc4c(c3)OCCO4)CC2)CC1. The number of carbonyl (C=O) groups excluding carboxylic acids is 2. The third kappa shape index (κ3) is 5.47. The summed E-state index contributed by atoms with van der Waals surface area (Å²) >= 11 is 0. The van der Waals surface area contributed by atoms with Gasteiger partial charge in [-0.3, -0.25) is 14.5 Å². The Hall–Kier alpha value is -2.37. The largest absolute Gasteiger partial charge is 0.486 e. The van der Waals surface area contributed by atoms with E-state index in [9.17, 15) is 18.0 Å². The number of sulfonamides is 1. The van der Waals surface area contributed by atoms with Gasteiger partial charge in [-0.25, -0.2) is 8.42 Å². The number of fused-ring (bicyclic) bond motifs is 1. The minimum atomic E-state index is -3.67. The monoisotopic (exact) mass is 494 g/mol. The minimum absolute atomic E-state index is 0.0615. The van der Waals surface area contributed by atoms with Crippen molar-refractivity contribution < 1.29 is 27.5 Å². The fraction of sp³-hybridized carbons (Fsp3) is 0.652. The number of nitrogens with zero attached hydrogens (tertiary/aromatic N) is 4. The number of ether oxygens (including phenoxy) is 2. The van der Waals surface area contributed by atoms with Crippen LogP contribution in [0.15, 0.2) is 23.1 Å². The number of hydrogen-bond donors (Lipinski definition) is 0. The molecule has 3 aliphatic heterocycles. The molecule has 3 aliphatic rings. The molecule has 0 spiro atoms. The quantitative estimate of drug-likeness (QED) is 0.587. The summed E-state index contributed by atoms with van der Waals surface area (Å²) in [6.07, 6.45) is 1.83. The van der Waals surface area contributed by atoms with Crippen molar-refractivity contribution in [2.24, 2.45) is 5.92 Å². The highest BCUT2D eigenvalue weighted by molar-refractivity contribution is 7.89. The first-order valence-electron chi connectivity index (χ1n) is 11.9. The molecule has 0 bridgehead atoms. The summed E-state index contributed by atoms with van der Waals surface area (Å²) in [6, 6.07) is 4.70. The Balaban J connectivity index is 1.32. The molecular formula is C23H34N4O6S. The van der Waals surface area contributed by atoms with Gasteiger partial charge in [0, 0.05) is 65.3 Å². The maximum absolute atomic E-state index is 13.2. The molecule has 188 valence electrons. The van der Waals surface area contributed by atoms with Gasteiger partial charge in [0.25, 0.3) is 0 Å². The summed E-state index contributed by atoms with van der Waals surface area (Å²) in [5.41, 5.74) is 0. The zero-order valence-electron chi connectivity index (χ0n) is 19.9. The van der Waals surface area contributed by atoms with Gasteiger partial charge in [-0.1, -0.05) is 0 Å². The topological polar surface area (TPSA) is 99.7 Å². The highest BCUT2D eigenvalue weighted by Gasteiger charge is 2.35. The Morgan fingerprint density at radius 1 is 0.971 bits per heavy atom. The molecule has 10 nitrogen and oxygen atoms in total. The van der Waals surface area contributed by atoms with Crippen molar-refractivity contribution >= 4 is 21.8 Å². The normalized spacial score (nSPS) is 20.6. The number of hydrogen-bond acceptors (Lipinski definition) is 7. The molecule has 0 N–H and O–H groups in total. The second-order valence-corrected chi connectivity index (χ2v) is 11.2. The van der Waals surface area contributed by atoms with Crippen molar-refractivity contribution in [2.75, 3.05) is 73.1 Å². The van der Waals surface area contributed by atoms with Crippen molar-refractivity contribution in [1.29, 1.82) is 0 Å². The van der Waals surface area contributed by atoms with Crippen LogP contribution in [0.5, 0.6) is 11.5 Å². The van der Waals surface area contributed by atoms with Gasteiger partial charge in [-0.15, -0.1) is 0 Å². The van der Waals surface area contributed by atoms with Crippen LogP contribution in [-0.2, 0) is 19.6 Å². The van der Waals surface area contributed by atoms with Gasteiger partial charge < -0.3 is 19.3 Å². The Kier molecular flexibility index (Phi) is 7.63. The lowest BCUT2D eigenvalue weighted by molar-refractivity contribution is -0.136. The zero-order chi connectivity index (χ0) is 24.3. The van der Waals surface area contributed by atoms with E-state index in [0.717, 1.165) is 13.0 Å². The first-order valence-corrected chi connectivity index (χ1v) is 13.3. The Labute approximate surface area is 201 Å². The summed E-state index contributed by atoms with van der Waals surface area (Å²) in [5.74, 6) is 0.974. The Bertz CT molecular complexity index is 1010. The molecule has 2 amide bonds. The standard InChI is InChI=1S/C23H34N4O6S/c1-24(2)22(28)17-25-8-3-9-26(13-12-25)23(29)18-6-10-27(11-7-18)34(30,31)19-4-5-20-21(16-19)33-15-14-32-20/h4-5,16,18H,3,6-15,17H2,1-2H3. The number of carbonyl (C=O) groups is 2. The van der Waals surface area contributed by atoms with Gasteiger partial charge in [0.05, 0.1) is 11.4 Å². The summed E-state index contributed by atoms with van der Waals surface area (Å²) in [5, 5.41) is 0. The molecular weight excluding hydrogens is 460 g/mol. The van der Waals surface area contributed by atoms with Gasteiger partial charge in [-0.05, 0) is 31.4 Å². The van der Waals surface area contributed by atoms with Crippen LogP contribution in [0.2, 0.25) is 0 Å². The van der Waals surface area contributed by atoms with Gasteiger partial charge in [0.2, 0.25) is 21.8 Å². The van der Waals surface area contributed by atoms with E-state index in [1.165, 1.54) is 10.4 Å². The van der Waals surface area contributed by atoms with E-state index < -0.39 is 10.0 Å².